The van der Waals surface area contributed by atoms with Gasteiger partial charge in [0, 0.05) is 23.3 Å². The lowest BCUT2D eigenvalue weighted by atomic mass is 10.1. The normalized spacial score (nSPS) is 10.3. The fraction of sp³-hybridized carbons (Fsp3) is 0.105. The average molecular weight is 353 g/mol. The van der Waals surface area contributed by atoms with Crippen molar-refractivity contribution in [3.63, 3.8) is 0 Å². The Morgan fingerprint density at radius 3 is 2.62 bits per heavy atom. The van der Waals surface area contributed by atoms with E-state index >= 15 is 0 Å². The number of carbonyl (C=O) groups excluding carboxylic acids is 1. The number of hydrogen-bond donors (Lipinski definition) is 0. The number of carbonyl (C=O) groups is 1. The zero-order chi connectivity index (χ0) is 18.5. The van der Waals surface area contributed by atoms with Crippen LogP contribution in [0.3, 0.4) is 0 Å². The second-order valence-electron chi connectivity index (χ2n) is 5.36. The highest BCUT2D eigenvalue weighted by atomic mass is 16.6. The molecule has 0 spiro atoms. The van der Waals surface area contributed by atoms with Crippen molar-refractivity contribution in [2.75, 3.05) is 7.11 Å². The number of nitro groups is 1. The number of furan rings is 1. The zero-order valence-electron chi connectivity index (χ0n) is 13.9. The lowest BCUT2D eigenvalue weighted by Crippen LogP contribution is -2.06. The molecule has 0 radical (unpaired) electrons. The number of methoxy groups -OCH3 is 1. The molecule has 1 aromatic heterocycles. The topological polar surface area (TPSA) is 91.8 Å². The minimum atomic E-state index is -0.664. The molecule has 0 aliphatic rings. The van der Waals surface area contributed by atoms with E-state index in [1.807, 2.05) is 30.3 Å². The minimum absolute atomic E-state index is 0.0700. The molecule has 0 bridgehead atoms. The van der Waals surface area contributed by atoms with E-state index in [1.165, 1.54) is 31.6 Å². The monoisotopic (exact) mass is 353 g/mol. The molecule has 3 rings (SSSR count). The maximum atomic E-state index is 12.4. The minimum Gasteiger partial charge on any atom is -0.496 e. The van der Waals surface area contributed by atoms with Crippen LogP contribution in [0.5, 0.6) is 5.75 Å². The molecule has 0 amide bonds. The Morgan fingerprint density at radius 2 is 1.92 bits per heavy atom. The van der Waals surface area contributed by atoms with Gasteiger partial charge < -0.3 is 13.9 Å². The molecule has 0 N–H and O–H groups in total. The van der Waals surface area contributed by atoms with Crippen LogP contribution in [0.1, 0.15) is 16.1 Å². The summed E-state index contributed by atoms with van der Waals surface area (Å²) >= 11 is 0. The quantitative estimate of drug-likeness (QED) is 0.374. The first kappa shape index (κ1) is 17.2. The van der Waals surface area contributed by atoms with Gasteiger partial charge in [0.1, 0.15) is 12.4 Å². The van der Waals surface area contributed by atoms with Crippen LogP contribution in [0, 0.1) is 10.1 Å². The van der Waals surface area contributed by atoms with Crippen LogP contribution < -0.4 is 4.74 Å². The van der Waals surface area contributed by atoms with Gasteiger partial charge in [-0.15, -0.1) is 0 Å². The Hall–Kier alpha value is -3.61. The van der Waals surface area contributed by atoms with Crippen LogP contribution in [-0.4, -0.2) is 18.0 Å². The lowest BCUT2D eigenvalue weighted by molar-refractivity contribution is -0.385. The molecule has 0 fully saturated rings. The Balaban J connectivity index is 1.79. The maximum absolute atomic E-state index is 12.4. The number of benzene rings is 2. The Kier molecular flexibility index (Phi) is 4.98. The standard InChI is InChI=1S/C19H15NO6/c1-24-17-8-7-15(20(22)23)11-14(17)12-26-19(21)18-16(9-10-25-18)13-5-3-2-4-6-13/h2-11H,12H2,1H3. The van der Waals surface area contributed by atoms with Gasteiger partial charge in [-0.3, -0.25) is 10.1 Å². The molecule has 7 heteroatoms. The van der Waals surface area contributed by atoms with Crippen LogP contribution in [0.15, 0.2) is 65.3 Å². The predicted molar refractivity (Wildman–Crippen MR) is 92.9 cm³/mol. The summed E-state index contributed by atoms with van der Waals surface area (Å²) in [7, 11) is 1.44. The van der Waals surface area contributed by atoms with Crippen molar-refractivity contribution in [2.24, 2.45) is 0 Å². The van der Waals surface area contributed by atoms with E-state index in [-0.39, 0.29) is 18.1 Å². The first-order valence-electron chi connectivity index (χ1n) is 7.71. The molecular formula is C19H15NO6. The molecule has 1 heterocycles. The predicted octanol–water partition coefficient (Wildman–Crippen LogP) is 4.22. The van der Waals surface area contributed by atoms with E-state index < -0.39 is 10.9 Å². The van der Waals surface area contributed by atoms with Crippen molar-refractivity contribution in [2.45, 2.75) is 6.61 Å². The van der Waals surface area contributed by atoms with Gasteiger partial charge in [0.15, 0.2) is 0 Å². The molecule has 0 aliphatic heterocycles. The fourth-order valence-electron chi connectivity index (χ4n) is 2.51. The van der Waals surface area contributed by atoms with Crippen molar-refractivity contribution >= 4 is 11.7 Å². The van der Waals surface area contributed by atoms with Crippen LogP contribution >= 0.6 is 0 Å². The summed E-state index contributed by atoms with van der Waals surface area (Å²) in [6.07, 6.45) is 1.41. The van der Waals surface area contributed by atoms with Gasteiger partial charge in [-0.25, -0.2) is 4.79 Å². The maximum Gasteiger partial charge on any atom is 0.375 e. The first-order chi connectivity index (χ1) is 12.6. The molecule has 0 saturated heterocycles. The second kappa shape index (κ2) is 7.52. The van der Waals surface area contributed by atoms with Crippen molar-refractivity contribution in [1.29, 1.82) is 0 Å². The van der Waals surface area contributed by atoms with Gasteiger partial charge in [0.05, 0.1) is 18.3 Å². The summed E-state index contributed by atoms with van der Waals surface area (Å²) in [4.78, 5) is 22.8. The average Bonchev–Trinajstić information content (AvgIpc) is 3.16. The molecule has 3 aromatic rings. The summed E-state index contributed by atoms with van der Waals surface area (Å²) in [6.45, 7) is -0.182. The van der Waals surface area contributed by atoms with Gasteiger partial charge in [-0.05, 0) is 17.7 Å². The van der Waals surface area contributed by atoms with E-state index in [0.29, 0.717) is 16.9 Å². The molecule has 7 nitrogen and oxygen atoms in total. The molecular weight excluding hydrogens is 338 g/mol. The zero-order valence-corrected chi connectivity index (χ0v) is 13.9. The van der Waals surface area contributed by atoms with Crippen LogP contribution in [0.4, 0.5) is 5.69 Å². The molecule has 0 aliphatic carbocycles. The molecule has 0 atom stereocenters. The summed E-state index contributed by atoms with van der Waals surface area (Å²) < 4.78 is 15.7. The van der Waals surface area contributed by atoms with Crippen LogP contribution in [-0.2, 0) is 11.3 Å². The third-order valence-electron chi connectivity index (χ3n) is 3.77. The Bertz CT molecular complexity index is 932. The van der Waals surface area contributed by atoms with E-state index in [1.54, 1.807) is 6.07 Å². The highest BCUT2D eigenvalue weighted by Gasteiger charge is 2.20. The third kappa shape index (κ3) is 3.56. The van der Waals surface area contributed by atoms with Gasteiger partial charge >= 0.3 is 5.97 Å². The van der Waals surface area contributed by atoms with E-state index in [4.69, 9.17) is 13.9 Å². The first-order valence-corrected chi connectivity index (χ1v) is 7.71. The Morgan fingerprint density at radius 1 is 1.15 bits per heavy atom. The van der Waals surface area contributed by atoms with Gasteiger partial charge in [0.25, 0.3) is 5.69 Å². The number of esters is 1. The van der Waals surface area contributed by atoms with Crippen molar-refractivity contribution in [1.82, 2.24) is 0 Å². The van der Waals surface area contributed by atoms with Crippen molar-refractivity contribution in [3.05, 3.63) is 82.3 Å². The van der Waals surface area contributed by atoms with Crippen LogP contribution in [0.25, 0.3) is 11.1 Å². The smallest absolute Gasteiger partial charge is 0.375 e. The van der Waals surface area contributed by atoms with Gasteiger partial charge in [-0.2, -0.15) is 0 Å². The number of rotatable bonds is 6. The fourth-order valence-corrected chi connectivity index (χ4v) is 2.51. The highest BCUT2D eigenvalue weighted by molar-refractivity contribution is 5.94. The third-order valence-corrected chi connectivity index (χ3v) is 3.77. The highest BCUT2D eigenvalue weighted by Crippen LogP contribution is 2.27. The van der Waals surface area contributed by atoms with E-state index in [0.717, 1.165) is 5.56 Å². The molecule has 0 saturated carbocycles. The largest absolute Gasteiger partial charge is 0.496 e. The van der Waals surface area contributed by atoms with Gasteiger partial charge in [-0.1, -0.05) is 30.3 Å². The van der Waals surface area contributed by atoms with E-state index in [9.17, 15) is 14.9 Å². The number of ether oxygens (including phenoxy) is 2. The van der Waals surface area contributed by atoms with Crippen LogP contribution in [0.2, 0.25) is 0 Å². The summed E-state index contributed by atoms with van der Waals surface area (Å²) in [6, 6.07) is 15.1. The summed E-state index contributed by atoms with van der Waals surface area (Å²) in [5, 5.41) is 10.9. The number of hydrogen-bond acceptors (Lipinski definition) is 6. The van der Waals surface area contributed by atoms with Crippen molar-refractivity contribution in [3.8, 4) is 16.9 Å². The second-order valence-corrected chi connectivity index (χ2v) is 5.36. The molecule has 26 heavy (non-hydrogen) atoms. The number of nitro benzene ring substituents is 1. The number of nitrogens with zero attached hydrogens (tertiary/aromatic N) is 1. The molecule has 132 valence electrons. The SMILES string of the molecule is COc1ccc([N+](=O)[O-])cc1COC(=O)c1occc1-c1ccccc1. The Labute approximate surface area is 148 Å². The molecule has 0 unspecified atom stereocenters. The molecule has 2 aromatic carbocycles. The number of non-ortho nitro benzene ring substituents is 1. The lowest BCUT2D eigenvalue weighted by Gasteiger charge is -2.09. The summed E-state index contributed by atoms with van der Waals surface area (Å²) in [5.41, 5.74) is 1.71. The van der Waals surface area contributed by atoms with Gasteiger partial charge in [0.2, 0.25) is 5.76 Å². The van der Waals surface area contributed by atoms with E-state index in [2.05, 4.69) is 0 Å². The van der Waals surface area contributed by atoms with Crippen molar-refractivity contribution < 1.29 is 23.6 Å². The summed E-state index contributed by atoms with van der Waals surface area (Å²) in [5.74, 6) is -0.200.